The Hall–Kier alpha value is -3.67. The molecule has 0 bridgehead atoms. The predicted octanol–water partition coefficient (Wildman–Crippen LogP) is 5.67. The minimum atomic E-state index is -0.350. The lowest BCUT2D eigenvalue weighted by Gasteiger charge is -2.26. The summed E-state index contributed by atoms with van der Waals surface area (Å²) < 4.78 is 14.2. The number of benzene rings is 3. The molecule has 6 heteroatoms. The van der Waals surface area contributed by atoms with Crippen molar-refractivity contribution in [2.24, 2.45) is 5.16 Å². The van der Waals surface area contributed by atoms with E-state index in [1.807, 2.05) is 62.4 Å². The number of halogens is 1. The number of amides is 2. The van der Waals surface area contributed by atoms with Gasteiger partial charge in [-0.25, -0.2) is 9.18 Å². The lowest BCUT2D eigenvalue weighted by molar-refractivity contribution is 0.0608. The van der Waals surface area contributed by atoms with Crippen LogP contribution in [0.2, 0.25) is 0 Å². The molecule has 0 radical (unpaired) electrons. The zero-order chi connectivity index (χ0) is 22.5. The summed E-state index contributed by atoms with van der Waals surface area (Å²) in [4.78, 5) is 20.6. The average Bonchev–Trinajstić information content (AvgIpc) is 3.25. The first kappa shape index (κ1) is 21.6. The van der Waals surface area contributed by atoms with Gasteiger partial charge >= 0.3 is 6.03 Å². The van der Waals surface area contributed by atoms with Gasteiger partial charge in [-0.3, -0.25) is 0 Å². The second kappa shape index (κ2) is 9.64. The van der Waals surface area contributed by atoms with Crippen LogP contribution in [0.1, 0.15) is 28.7 Å². The fourth-order valence-corrected chi connectivity index (χ4v) is 3.85. The maximum absolute atomic E-state index is 14.2. The van der Waals surface area contributed by atoms with E-state index >= 15 is 0 Å². The van der Waals surface area contributed by atoms with Crippen molar-refractivity contribution in [2.75, 3.05) is 11.9 Å². The number of oxime groups is 1. The van der Waals surface area contributed by atoms with Gasteiger partial charge in [0, 0.05) is 24.2 Å². The molecule has 3 aromatic carbocycles. The third kappa shape index (κ3) is 4.97. The average molecular weight is 432 g/mol. The van der Waals surface area contributed by atoms with Crippen LogP contribution in [0.25, 0.3) is 0 Å². The summed E-state index contributed by atoms with van der Waals surface area (Å²) >= 11 is 0. The van der Waals surface area contributed by atoms with Crippen molar-refractivity contribution in [3.63, 3.8) is 0 Å². The summed E-state index contributed by atoms with van der Waals surface area (Å²) in [5.74, 6) is -0.329. The molecule has 0 saturated carbocycles. The third-order valence-corrected chi connectivity index (χ3v) is 5.56. The van der Waals surface area contributed by atoms with Crippen LogP contribution in [-0.2, 0) is 11.4 Å². The van der Waals surface area contributed by atoms with E-state index < -0.39 is 0 Å². The number of aryl methyl sites for hydroxylation is 2. The summed E-state index contributed by atoms with van der Waals surface area (Å²) in [6.07, 6.45) is 0.0835. The number of anilines is 1. The van der Waals surface area contributed by atoms with Gasteiger partial charge in [0.1, 0.15) is 5.82 Å². The van der Waals surface area contributed by atoms with Crippen LogP contribution < -0.4 is 5.32 Å². The first-order valence-electron chi connectivity index (χ1n) is 10.6. The van der Waals surface area contributed by atoms with Gasteiger partial charge in [0.05, 0.1) is 12.3 Å². The van der Waals surface area contributed by atoms with Crippen LogP contribution in [-0.4, -0.2) is 29.3 Å². The van der Waals surface area contributed by atoms with Crippen molar-refractivity contribution in [2.45, 2.75) is 32.9 Å². The van der Waals surface area contributed by atoms with Crippen molar-refractivity contribution in [3.8, 4) is 0 Å². The molecular weight excluding hydrogens is 405 g/mol. The van der Waals surface area contributed by atoms with Gasteiger partial charge in [-0.15, -0.1) is 0 Å². The van der Waals surface area contributed by atoms with Crippen molar-refractivity contribution in [3.05, 3.63) is 101 Å². The molecule has 0 aromatic heterocycles. The van der Waals surface area contributed by atoms with E-state index in [1.165, 1.54) is 6.07 Å². The monoisotopic (exact) mass is 431 g/mol. The number of hydrogen-bond acceptors (Lipinski definition) is 3. The van der Waals surface area contributed by atoms with Crippen LogP contribution in [0.4, 0.5) is 14.9 Å². The van der Waals surface area contributed by atoms with Crippen molar-refractivity contribution < 1.29 is 14.0 Å². The van der Waals surface area contributed by atoms with E-state index in [1.54, 1.807) is 23.1 Å². The molecule has 4 rings (SSSR count). The Labute approximate surface area is 187 Å². The van der Waals surface area contributed by atoms with Gasteiger partial charge in [0.15, 0.2) is 6.10 Å². The summed E-state index contributed by atoms with van der Waals surface area (Å²) in [5.41, 5.74) is 4.82. The quantitative estimate of drug-likeness (QED) is 0.547. The molecule has 0 aliphatic carbocycles. The first-order valence-corrected chi connectivity index (χ1v) is 10.6. The number of para-hydroxylation sites is 1. The molecule has 0 fully saturated rings. The standard InChI is InChI=1S/C26H26FN3O2/c1-18-9-8-10-19(2)25(18)28-26(31)30(16-20-11-4-3-5-12-20)17-21-15-24(29-32-21)22-13-6-7-14-23(22)27/h3-14,21H,15-17H2,1-2H3,(H,28,31). The number of carbonyl (C=O) groups excluding carboxylic acids is 1. The van der Waals surface area contributed by atoms with Gasteiger partial charge in [0.2, 0.25) is 0 Å². The maximum Gasteiger partial charge on any atom is 0.322 e. The highest BCUT2D eigenvalue weighted by atomic mass is 19.1. The van der Waals surface area contributed by atoms with E-state index in [2.05, 4.69) is 10.5 Å². The molecule has 1 unspecified atom stereocenters. The zero-order valence-electron chi connectivity index (χ0n) is 18.2. The molecule has 0 saturated heterocycles. The molecule has 1 N–H and O–H groups in total. The predicted molar refractivity (Wildman–Crippen MR) is 124 cm³/mol. The topological polar surface area (TPSA) is 53.9 Å². The molecule has 0 spiro atoms. The van der Waals surface area contributed by atoms with Gasteiger partial charge in [-0.2, -0.15) is 0 Å². The Bertz CT molecular complexity index is 1110. The molecule has 2 amide bonds. The van der Waals surface area contributed by atoms with Crippen LogP contribution in [0.3, 0.4) is 0 Å². The van der Waals surface area contributed by atoms with Crippen LogP contribution in [0.15, 0.2) is 78.0 Å². The smallest absolute Gasteiger partial charge is 0.322 e. The molecule has 32 heavy (non-hydrogen) atoms. The fourth-order valence-electron chi connectivity index (χ4n) is 3.85. The first-order chi connectivity index (χ1) is 15.5. The Morgan fingerprint density at radius 2 is 1.72 bits per heavy atom. The molecular formula is C26H26FN3O2. The number of urea groups is 1. The highest BCUT2D eigenvalue weighted by Gasteiger charge is 2.28. The van der Waals surface area contributed by atoms with Crippen molar-refractivity contribution in [1.29, 1.82) is 0 Å². The second-order valence-electron chi connectivity index (χ2n) is 8.01. The van der Waals surface area contributed by atoms with Gasteiger partial charge < -0.3 is 15.1 Å². The molecule has 1 heterocycles. The van der Waals surface area contributed by atoms with E-state index in [-0.39, 0.29) is 18.0 Å². The lowest BCUT2D eigenvalue weighted by Crippen LogP contribution is -2.40. The minimum Gasteiger partial charge on any atom is -0.390 e. The van der Waals surface area contributed by atoms with Gasteiger partial charge in [-0.1, -0.05) is 71.9 Å². The number of nitrogens with zero attached hydrogens (tertiary/aromatic N) is 2. The third-order valence-electron chi connectivity index (χ3n) is 5.56. The Balaban J connectivity index is 1.50. The highest BCUT2D eigenvalue weighted by molar-refractivity contribution is 6.01. The fraction of sp³-hybridized carbons (Fsp3) is 0.231. The second-order valence-corrected chi connectivity index (χ2v) is 8.01. The van der Waals surface area contributed by atoms with Crippen LogP contribution in [0, 0.1) is 19.7 Å². The minimum absolute atomic E-state index is 0.214. The zero-order valence-corrected chi connectivity index (χ0v) is 18.2. The molecule has 1 atom stereocenters. The van der Waals surface area contributed by atoms with E-state index in [0.29, 0.717) is 30.8 Å². The molecule has 5 nitrogen and oxygen atoms in total. The lowest BCUT2D eigenvalue weighted by atomic mass is 10.0. The normalized spacial score (nSPS) is 15.1. The summed E-state index contributed by atoms with van der Waals surface area (Å²) in [7, 11) is 0. The maximum atomic E-state index is 14.2. The van der Waals surface area contributed by atoms with E-state index in [0.717, 1.165) is 22.4 Å². The molecule has 1 aliphatic rings. The van der Waals surface area contributed by atoms with Gasteiger partial charge in [0.25, 0.3) is 0 Å². The van der Waals surface area contributed by atoms with Crippen molar-refractivity contribution in [1.82, 2.24) is 4.90 Å². The summed E-state index contributed by atoms with van der Waals surface area (Å²) in [6, 6.07) is 22.0. The number of carbonyl (C=O) groups is 1. The Kier molecular flexibility index (Phi) is 6.50. The summed E-state index contributed by atoms with van der Waals surface area (Å²) in [6.45, 7) is 4.69. The Morgan fingerprint density at radius 3 is 2.44 bits per heavy atom. The van der Waals surface area contributed by atoms with Crippen LogP contribution >= 0.6 is 0 Å². The SMILES string of the molecule is Cc1cccc(C)c1NC(=O)N(Cc1ccccc1)CC1CC(c2ccccc2F)=NO1. The highest BCUT2D eigenvalue weighted by Crippen LogP contribution is 2.23. The number of nitrogens with one attached hydrogen (secondary N) is 1. The van der Waals surface area contributed by atoms with E-state index in [4.69, 9.17) is 4.84 Å². The largest absolute Gasteiger partial charge is 0.390 e. The molecule has 1 aliphatic heterocycles. The van der Waals surface area contributed by atoms with Gasteiger partial charge in [-0.05, 0) is 36.6 Å². The molecule has 164 valence electrons. The number of hydrogen-bond donors (Lipinski definition) is 1. The summed E-state index contributed by atoms with van der Waals surface area (Å²) in [5, 5.41) is 7.16. The Morgan fingerprint density at radius 1 is 1.03 bits per heavy atom. The van der Waals surface area contributed by atoms with Crippen molar-refractivity contribution >= 4 is 17.4 Å². The molecule has 3 aromatic rings. The van der Waals surface area contributed by atoms with Crippen LogP contribution in [0.5, 0.6) is 0 Å². The van der Waals surface area contributed by atoms with E-state index in [9.17, 15) is 9.18 Å². The number of rotatable bonds is 6.